The third-order valence-electron chi connectivity index (χ3n) is 6.06. The first kappa shape index (κ1) is 17.6. The third kappa shape index (κ3) is 2.32. The van der Waals surface area contributed by atoms with Crippen molar-refractivity contribution in [3.05, 3.63) is 53.9 Å². The summed E-state index contributed by atoms with van der Waals surface area (Å²) in [5.41, 5.74) is 4.56. The quantitative estimate of drug-likeness (QED) is 0.401. The predicted molar refractivity (Wildman–Crippen MR) is 106 cm³/mol. The number of ether oxygens (including phenoxy) is 1. The lowest BCUT2D eigenvalue weighted by molar-refractivity contribution is -0.764. The third-order valence-corrected chi connectivity index (χ3v) is 6.06. The SMILES string of the molecule is Cc1c2cc[n+](C3OC(CO)C(O)C3O)cc2c(C)c2c1[nH]c1ccccc12. The summed E-state index contributed by atoms with van der Waals surface area (Å²) in [6, 6.07) is 10.3. The second-order valence-corrected chi connectivity index (χ2v) is 7.62. The lowest BCUT2D eigenvalue weighted by atomic mass is 9.97. The maximum Gasteiger partial charge on any atom is 0.292 e. The fourth-order valence-corrected chi connectivity index (χ4v) is 4.50. The van der Waals surface area contributed by atoms with E-state index in [0.29, 0.717) is 0 Å². The van der Waals surface area contributed by atoms with Crippen molar-refractivity contribution in [1.29, 1.82) is 0 Å². The molecule has 4 aromatic rings. The Balaban J connectivity index is 1.75. The van der Waals surface area contributed by atoms with Gasteiger partial charge in [0.15, 0.2) is 18.5 Å². The minimum Gasteiger partial charge on any atom is -0.394 e. The number of H-pyrrole nitrogens is 1. The van der Waals surface area contributed by atoms with E-state index in [0.717, 1.165) is 27.4 Å². The van der Waals surface area contributed by atoms with Gasteiger partial charge >= 0.3 is 0 Å². The summed E-state index contributed by atoms with van der Waals surface area (Å²) in [5.74, 6) is 0. The molecule has 0 aliphatic carbocycles. The van der Waals surface area contributed by atoms with Gasteiger partial charge in [-0.15, -0.1) is 0 Å². The molecular weight excluding hydrogens is 356 g/mol. The molecular formula is C22H23N2O4+. The molecule has 1 aliphatic heterocycles. The minimum atomic E-state index is -1.11. The van der Waals surface area contributed by atoms with Gasteiger partial charge in [-0.1, -0.05) is 18.2 Å². The molecule has 1 saturated heterocycles. The van der Waals surface area contributed by atoms with Gasteiger partial charge in [-0.05, 0) is 36.4 Å². The number of aliphatic hydroxyl groups excluding tert-OH is 3. The predicted octanol–water partition coefficient (Wildman–Crippen LogP) is 1.99. The molecule has 0 spiro atoms. The molecule has 28 heavy (non-hydrogen) atoms. The minimum absolute atomic E-state index is 0.336. The molecule has 6 nitrogen and oxygen atoms in total. The highest BCUT2D eigenvalue weighted by atomic mass is 16.6. The first-order valence-corrected chi connectivity index (χ1v) is 9.47. The number of hydrogen-bond acceptors (Lipinski definition) is 4. The van der Waals surface area contributed by atoms with Crippen LogP contribution in [0.1, 0.15) is 17.4 Å². The summed E-state index contributed by atoms with van der Waals surface area (Å²) >= 11 is 0. The van der Waals surface area contributed by atoms with Crippen molar-refractivity contribution in [2.75, 3.05) is 6.61 Å². The molecule has 5 rings (SSSR count). The van der Waals surface area contributed by atoms with Crippen molar-refractivity contribution < 1.29 is 24.6 Å². The number of pyridine rings is 1. The lowest BCUT2D eigenvalue weighted by Gasteiger charge is -2.12. The van der Waals surface area contributed by atoms with Crippen LogP contribution in [0.15, 0.2) is 42.7 Å². The zero-order chi connectivity index (χ0) is 19.6. The van der Waals surface area contributed by atoms with Crippen LogP contribution < -0.4 is 4.57 Å². The number of nitrogens with zero attached hydrogens (tertiary/aromatic N) is 1. The molecule has 3 heterocycles. The largest absolute Gasteiger partial charge is 0.394 e. The number of nitrogens with one attached hydrogen (secondary N) is 1. The van der Waals surface area contributed by atoms with Gasteiger partial charge in [0.1, 0.15) is 12.2 Å². The fraction of sp³-hybridized carbons (Fsp3) is 0.318. The van der Waals surface area contributed by atoms with Gasteiger partial charge in [0, 0.05) is 27.7 Å². The number of aryl methyl sites for hydroxylation is 2. The summed E-state index contributed by atoms with van der Waals surface area (Å²) < 4.78 is 7.47. The van der Waals surface area contributed by atoms with Crippen LogP contribution in [0.25, 0.3) is 32.6 Å². The Labute approximate surface area is 161 Å². The van der Waals surface area contributed by atoms with E-state index >= 15 is 0 Å². The summed E-state index contributed by atoms with van der Waals surface area (Å²) in [5, 5.41) is 34.4. The van der Waals surface area contributed by atoms with E-state index in [-0.39, 0.29) is 6.61 Å². The Morgan fingerprint density at radius 1 is 1.00 bits per heavy atom. The second-order valence-electron chi connectivity index (χ2n) is 7.62. The Kier molecular flexibility index (Phi) is 3.93. The van der Waals surface area contributed by atoms with Crippen molar-refractivity contribution >= 4 is 32.6 Å². The first-order chi connectivity index (χ1) is 13.5. The van der Waals surface area contributed by atoms with E-state index in [1.54, 1.807) is 4.57 Å². The number of fused-ring (bicyclic) bond motifs is 4. The smallest absolute Gasteiger partial charge is 0.292 e. The van der Waals surface area contributed by atoms with Crippen molar-refractivity contribution in [3.8, 4) is 0 Å². The standard InChI is InChI=1S/C22H22N2O4/c1-11-15-9-24(22-21(27)20(26)17(10-25)28-22)8-7-13(15)12(2)19-18(11)14-5-3-4-6-16(14)23-19/h3-9,17,20-22,25-27H,10H2,1-2H3/p+1. The molecule has 0 amide bonds. The Hall–Kier alpha value is -2.51. The fourth-order valence-electron chi connectivity index (χ4n) is 4.50. The summed E-state index contributed by atoms with van der Waals surface area (Å²) in [6.07, 6.45) is 0.0649. The lowest BCUT2D eigenvalue weighted by Crippen LogP contribution is -2.45. The van der Waals surface area contributed by atoms with E-state index in [1.807, 2.05) is 30.6 Å². The molecule has 1 fully saturated rings. The molecule has 0 radical (unpaired) electrons. The number of rotatable bonds is 2. The van der Waals surface area contributed by atoms with E-state index in [2.05, 4.69) is 31.0 Å². The Bertz CT molecular complexity index is 1220. The maximum atomic E-state index is 10.4. The average Bonchev–Trinajstić information content (AvgIpc) is 3.24. The van der Waals surface area contributed by atoms with Gasteiger partial charge in [-0.3, -0.25) is 0 Å². The second kappa shape index (κ2) is 6.25. The molecule has 0 saturated carbocycles. The molecule has 144 valence electrons. The maximum absolute atomic E-state index is 10.4. The Morgan fingerprint density at radius 2 is 1.79 bits per heavy atom. The van der Waals surface area contributed by atoms with Crippen molar-refractivity contribution in [1.82, 2.24) is 4.98 Å². The van der Waals surface area contributed by atoms with Crippen LogP contribution in [0.4, 0.5) is 0 Å². The van der Waals surface area contributed by atoms with Gasteiger partial charge in [0.25, 0.3) is 6.23 Å². The number of para-hydroxylation sites is 1. The topological polar surface area (TPSA) is 89.6 Å². The highest BCUT2D eigenvalue weighted by Crippen LogP contribution is 2.36. The van der Waals surface area contributed by atoms with Gasteiger partial charge in [0.2, 0.25) is 0 Å². The van der Waals surface area contributed by atoms with Crippen LogP contribution in [-0.4, -0.2) is 45.2 Å². The average molecular weight is 379 g/mol. The molecule has 0 bridgehead atoms. The zero-order valence-corrected chi connectivity index (χ0v) is 15.8. The summed E-state index contributed by atoms with van der Waals surface area (Å²) in [6.45, 7) is 3.87. The van der Waals surface area contributed by atoms with Gasteiger partial charge in [0.05, 0.1) is 12.1 Å². The highest BCUT2D eigenvalue weighted by molar-refractivity contribution is 6.16. The van der Waals surface area contributed by atoms with E-state index in [9.17, 15) is 15.3 Å². The van der Waals surface area contributed by atoms with E-state index < -0.39 is 24.5 Å². The van der Waals surface area contributed by atoms with Gasteiger partial charge in [-0.2, -0.15) is 4.57 Å². The van der Waals surface area contributed by atoms with Crippen LogP contribution in [0, 0.1) is 13.8 Å². The number of aliphatic hydroxyl groups is 3. The van der Waals surface area contributed by atoms with Crippen LogP contribution in [0.5, 0.6) is 0 Å². The van der Waals surface area contributed by atoms with Gasteiger partial charge < -0.3 is 25.0 Å². The monoisotopic (exact) mass is 379 g/mol. The van der Waals surface area contributed by atoms with Crippen LogP contribution in [0.2, 0.25) is 0 Å². The van der Waals surface area contributed by atoms with Crippen molar-refractivity contribution in [2.45, 2.75) is 38.4 Å². The van der Waals surface area contributed by atoms with E-state index in [4.69, 9.17) is 4.74 Å². The van der Waals surface area contributed by atoms with Crippen molar-refractivity contribution in [2.24, 2.45) is 0 Å². The Morgan fingerprint density at radius 3 is 2.54 bits per heavy atom. The van der Waals surface area contributed by atoms with Crippen molar-refractivity contribution in [3.63, 3.8) is 0 Å². The first-order valence-electron chi connectivity index (χ1n) is 9.47. The number of benzene rings is 2. The number of aromatic nitrogens is 2. The molecule has 6 heteroatoms. The normalized spacial score (nSPS) is 25.3. The highest BCUT2D eigenvalue weighted by Gasteiger charge is 2.48. The number of aromatic amines is 1. The molecule has 4 N–H and O–H groups in total. The zero-order valence-electron chi connectivity index (χ0n) is 15.8. The van der Waals surface area contributed by atoms with E-state index in [1.165, 1.54) is 16.3 Å². The van der Waals surface area contributed by atoms with Crippen LogP contribution in [-0.2, 0) is 4.74 Å². The number of hydrogen-bond donors (Lipinski definition) is 4. The summed E-state index contributed by atoms with van der Waals surface area (Å²) in [4.78, 5) is 3.54. The summed E-state index contributed by atoms with van der Waals surface area (Å²) in [7, 11) is 0. The molecule has 4 atom stereocenters. The van der Waals surface area contributed by atoms with Crippen LogP contribution >= 0.6 is 0 Å². The molecule has 4 unspecified atom stereocenters. The molecule has 2 aromatic carbocycles. The van der Waals surface area contributed by atoms with Gasteiger partial charge in [-0.25, -0.2) is 0 Å². The van der Waals surface area contributed by atoms with Crippen LogP contribution in [0.3, 0.4) is 0 Å². The molecule has 1 aliphatic rings. The molecule has 2 aromatic heterocycles.